The van der Waals surface area contributed by atoms with Crippen LogP contribution < -0.4 is 23.7 Å². The number of terminal acetylenes is 1. The van der Waals surface area contributed by atoms with Crippen molar-refractivity contribution in [2.24, 2.45) is 0 Å². The van der Waals surface area contributed by atoms with E-state index in [-0.39, 0.29) is 0 Å². The molecular weight excluding hydrogens is 681 g/mol. The van der Waals surface area contributed by atoms with Gasteiger partial charge in [-0.2, -0.15) is 0 Å². The van der Waals surface area contributed by atoms with Crippen molar-refractivity contribution in [3.8, 4) is 41.1 Å². The summed E-state index contributed by atoms with van der Waals surface area (Å²) in [7, 11) is 0. The third kappa shape index (κ3) is 13.4. The van der Waals surface area contributed by atoms with E-state index < -0.39 is 0 Å². The van der Waals surface area contributed by atoms with Crippen LogP contribution >= 0.6 is 0 Å². The number of ether oxygens (including phenoxy) is 5. The van der Waals surface area contributed by atoms with E-state index in [2.05, 4.69) is 76.9 Å². The molecule has 4 aromatic carbocycles. The van der Waals surface area contributed by atoms with Crippen LogP contribution in [-0.2, 0) is 0 Å². The average Bonchev–Trinajstić information content (AvgIpc) is 3.20. The van der Waals surface area contributed by atoms with E-state index in [9.17, 15) is 0 Å². The van der Waals surface area contributed by atoms with Crippen LogP contribution in [0.15, 0.2) is 36.4 Å². The molecule has 0 heterocycles. The van der Waals surface area contributed by atoms with Gasteiger partial charge in [0, 0.05) is 0 Å². The Balaban J connectivity index is 1.92. The van der Waals surface area contributed by atoms with Crippen LogP contribution in [0.5, 0.6) is 28.7 Å². The summed E-state index contributed by atoms with van der Waals surface area (Å²) in [5.74, 6) is 6.88. The van der Waals surface area contributed by atoms with Gasteiger partial charge in [-0.15, -0.1) is 6.42 Å². The molecule has 0 aromatic heterocycles. The van der Waals surface area contributed by atoms with Crippen molar-refractivity contribution < 1.29 is 23.7 Å². The number of hydrogen-bond acceptors (Lipinski definition) is 5. The largest absolute Gasteiger partial charge is 0.492 e. The number of benzene rings is 4. The summed E-state index contributed by atoms with van der Waals surface area (Å²) in [4.78, 5) is 0. The van der Waals surface area contributed by atoms with Crippen LogP contribution in [-0.4, -0.2) is 33.0 Å². The van der Waals surface area contributed by atoms with E-state index in [1.54, 1.807) is 0 Å². The van der Waals surface area contributed by atoms with E-state index in [4.69, 9.17) is 30.1 Å². The van der Waals surface area contributed by atoms with E-state index in [0.717, 1.165) is 131 Å². The van der Waals surface area contributed by atoms with Gasteiger partial charge in [-0.05, 0) is 101 Å². The first-order chi connectivity index (χ1) is 27.1. The Morgan fingerprint density at radius 2 is 0.564 bits per heavy atom. The Morgan fingerprint density at radius 1 is 0.327 bits per heavy atom. The zero-order valence-corrected chi connectivity index (χ0v) is 35.3. The van der Waals surface area contributed by atoms with E-state index in [1.807, 2.05) is 0 Å². The van der Waals surface area contributed by atoms with E-state index >= 15 is 0 Å². The lowest BCUT2D eigenvalue weighted by Gasteiger charge is -2.20. The van der Waals surface area contributed by atoms with Crippen LogP contribution in [0, 0.1) is 12.3 Å². The minimum atomic E-state index is 0.642. The molecule has 4 aromatic rings. The Bertz CT molecular complexity index is 1700. The number of rotatable bonds is 30. The molecule has 0 N–H and O–H groups in total. The third-order valence-electron chi connectivity index (χ3n) is 10.6. The first-order valence-electron chi connectivity index (χ1n) is 22.3. The highest BCUT2D eigenvalue weighted by Crippen LogP contribution is 2.46. The molecule has 0 amide bonds. The number of fused-ring (bicyclic) bond motifs is 6. The number of hydrogen-bond donors (Lipinski definition) is 0. The maximum atomic E-state index is 6.59. The van der Waals surface area contributed by atoms with Gasteiger partial charge in [0.1, 0.15) is 5.75 Å². The molecule has 55 heavy (non-hydrogen) atoms. The van der Waals surface area contributed by atoms with Crippen molar-refractivity contribution in [3.63, 3.8) is 0 Å². The molecule has 5 nitrogen and oxygen atoms in total. The molecule has 0 fully saturated rings. The van der Waals surface area contributed by atoms with Crippen molar-refractivity contribution >= 4 is 32.3 Å². The fourth-order valence-corrected chi connectivity index (χ4v) is 7.27. The fourth-order valence-electron chi connectivity index (χ4n) is 7.27. The van der Waals surface area contributed by atoms with Crippen LogP contribution in [0.3, 0.4) is 0 Å². The van der Waals surface area contributed by atoms with Gasteiger partial charge >= 0.3 is 0 Å². The van der Waals surface area contributed by atoms with Gasteiger partial charge in [-0.25, -0.2) is 0 Å². The molecule has 0 aliphatic rings. The molecular formula is C50H72O5. The van der Waals surface area contributed by atoms with Gasteiger partial charge in [-0.3, -0.25) is 0 Å². The van der Waals surface area contributed by atoms with E-state index in [1.165, 1.54) is 64.2 Å². The normalized spacial score (nSPS) is 11.3. The molecule has 0 aliphatic heterocycles. The summed E-state index contributed by atoms with van der Waals surface area (Å²) in [6.07, 6.45) is 29.1. The van der Waals surface area contributed by atoms with Gasteiger partial charge in [0.25, 0.3) is 0 Å². The average molecular weight is 753 g/mol. The van der Waals surface area contributed by atoms with Gasteiger partial charge in [0.05, 0.1) is 38.6 Å². The fraction of sp³-hybridized carbons (Fsp3) is 0.600. The molecule has 4 rings (SSSR count). The summed E-state index contributed by atoms with van der Waals surface area (Å²) in [5, 5.41) is 6.50. The standard InChI is InChI=1S/C50H72O5/c1-7-13-18-23-28-51-46-34-41-40(33-39(46)12-6)42-35-47(52-29-24-19-14-8-2)49(54-31-26-21-16-10-4)37-44(42)45-38-50(55-32-27-22-17-11-5)48(36-43(41)45)53-30-25-20-15-9-3/h6,33-38H,7-11,13-32H2,1-5H3. The first kappa shape index (κ1) is 43.9. The quantitative estimate of drug-likeness (QED) is 0.0301. The van der Waals surface area contributed by atoms with Crippen molar-refractivity contribution in [1.82, 2.24) is 0 Å². The highest BCUT2D eigenvalue weighted by Gasteiger charge is 2.20. The summed E-state index contributed by atoms with van der Waals surface area (Å²) in [5.41, 5.74) is 0.765. The Labute approximate surface area is 334 Å². The Hall–Kier alpha value is -3.78. The van der Waals surface area contributed by atoms with Crippen molar-refractivity contribution in [2.75, 3.05) is 33.0 Å². The summed E-state index contributed by atoms with van der Waals surface area (Å²) in [6, 6.07) is 13.1. The topological polar surface area (TPSA) is 46.2 Å². The van der Waals surface area contributed by atoms with Gasteiger partial charge in [0.2, 0.25) is 0 Å². The van der Waals surface area contributed by atoms with Crippen molar-refractivity contribution in [1.29, 1.82) is 0 Å². The highest BCUT2D eigenvalue weighted by molar-refractivity contribution is 6.26. The first-order valence-corrected chi connectivity index (χ1v) is 22.3. The zero-order valence-electron chi connectivity index (χ0n) is 35.3. The number of unbranched alkanes of at least 4 members (excludes halogenated alkanes) is 15. The lowest BCUT2D eigenvalue weighted by Crippen LogP contribution is -2.04. The van der Waals surface area contributed by atoms with Gasteiger partial charge in [0.15, 0.2) is 23.0 Å². The predicted molar refractivity (Wildman–Crippen MR) is 235 cm³/mol. The molecule has 302 valence electrons. The molecule has 0 unspecified atom stereocenters. The summed E-state index contributed by atoms with van der Waals surface area (Å²) < 4.78 is 32.7. The van der Waals surface area contributed by atoms with E-state index in [0.29, 0.717) is 33.0 Å². The lowest BCUT2D eigenvalue weighted by molar-refractivity contribution is 0.259. The maximum absolute atomic E-state index is 6.59. The lowest BCUT2D eigenvalue weighted by atomic mass is 9.92. The second kappa shape index (κ2) is 25.4. The molecule has 0 saturated carbocycles. The summed E-state index contributed by atoms with van der Waals surface area (Å²) in [6.45, 7) is 14.5. The Kier molecular flexibility index (Phi) is 20.3. The smallest absolute Gasteiger partial charge is 0.161 e. The van der Waals surface area contributed by atoms with Crippen LogP contribution in [0.1, 0.15) is 169 Å². The van der Waals surface area contributed by atoms with Gasteiger partial charge in [-0.1, -0.05) is 137 Å². The molecule has 5 heteroatoms. The molecule has 0 saturated heterocycles. The molecule has 0 aliphatic carbocycles. The van der Waals surface area contributed by atoms with Crippen LogP contribution in [0.4, 0.5) is 0 Å². The minimum absolute atomic E-state index is 0.642. The highest BCUT2D eigenvalue weighted by atomic mass is 16.5. The third-order valence-corrected chi connectivity index (χ3v) is 10.6. The molecule has 0 radical (unpaired) electrons. The molecule has 0 bridgehead atoms. The Morgan fingerprint density at radius 3 is 0.818 bits per heavy atom. The monoisotopic (exact) mass is 753 g/mol. The van der Waals surface area contributed by atoms with Crippen LogP contribution in [0.2, 0.25) is 0 Å². The second-order valence-electron chi connectivity index (χ2n) is 15.3. The SMILES string of the molecule is C#Cc1cc2c(cc1OCCCCCC)c1cc(OCCCCCC)c(OCCCCCC)cc1c1cc(OCCCCCC)c(OCCCCCC)cc21. The molecule has 0 atom stereocenters. The maximum Gasteiger partial charge on any atom is 0.161 e. The van der Waals surface area contributed by atoms with Crippen molar-refractivity contribution in [2.45, 2.75) is 163 Å². The van der Waals surface area contributed by atoms with Crippen molar-refractivity contribution in [3.05, 3.63) is 42.0 Å². The minimum Gasteiger partial charge on any atom is -0.492 e. The summed E-state index contributed by atoms with van der Waals surface area (Å²) >= 11 is 0. The van der Waals surface area contributed by atoms with Crippen LogP contribution in [0.25, 0.3) is 32.3 Å². The predicted octanol–water partition coefficient (Wildman–Crippen LogP) is 14.9. The zero-order chi connectivity index (χ0) is 39.1. The van der Waals surface area contributed by atoms with Gasteiger partial charge < -0.3 is 23.7 Å². The second-order valence-corrected chi connectivity index (χ2v) is 15.3. The molecule has 0 spiro atoms.